The van der Waals surface area contributed by atoms with Gasteiger partial charge in [0.25, 0.3) is 0 Å². The third kappa shape index (κ3) is 3.39. The van der Waals surface area contributed by atoms with Gasteiger partial charge in [0.1, 0.15) is 17.4 Å². The molecule has 0 amide bonds. The monoisotopic (exact) mass is 273 g/mol. The number of ether oxygens (including phenoxy) is 1. The second-order valence-electron chi connectivity index (χ2n) is 4.01. The van der Waals surface area contributed by atoms with Crippen LogP contribution in [0.25, 0.3) is 0 Å². The van der Waals surface area contributed by atoms with Gasteiger partial charge in [-0.25, -0.2) is 8.78 Å². The van der Waals surface area contributed by atoms with Gasteiger partial charge in [0.2, 0.25) is 0 Å². The van der Waals surface area contributed by atoms with Crippen LogP contribution in [0.1, 0.15) is 15.9 Å². The van der Waals surface area contributed by atoms with E-state index in [1.165, 1.54) is 30.3 Å². The molecule has 0 N–H and O–H groups in total. The van der Waals surface area contributed by atoms with E-state index < -0.39 is 11.6 Å². The van der Waals surface area contributed by atoms with Crippen molar-refractivity contribution in [1.82, 2.24) is 0 Å². The molecule has 100 valence electrons. The van der Waals surface area contributed by atoms with Crippen LogP contribution in [0, 0.1) is 23.0 Å². The van der Waals surface area contributed by atoms with Crippen LogP contribution in [0.5, 0.6) is 5.75 Å². The molecule has 0 heterocycles. The minimum absolute atomic E-state index is 0.0945. The van der Waals surface area contributed by atoms with Gasteiger partial charge in [-0.2, -0.15) is 5.26 Å². The highest BCUT2D eigenvalue weighted by molar-refractivity contribution is 5.97. The highest BCUT2D eigenvalue weighted by atomic mass is 19.1. The van der Waals surface area contributed by atoms with E-state index in [1.807, 2.05) is 0 Å². The first-order valence-electron chi connectivity index (χ1n) is 5.71. The zero-order valence-electron chi connectivity index (χ0n) is 10.3. The molecule has 0 aliphatic rings. The van der Waals surface area contributed by atoms with Gasteiger partial charge in [-0.05, 0) is 36.4 Å². The normalized spacial score (nSPS) is 9.85. The van der Waals surface area contributed by atoms with Crippen molar-refractivity contribution in [2.75, 3.05) is 6.61 Å². The molecule has 0 unspecified atom stereocenters. The standard InChI is InChI=1S/C15H9F2NO2/c16-12-3-1-11(2-4-12)15(19)9-20-14-6-10(8-18)5-13(17)7-14/h1-7H,9H2. The van der Waals surface area contributed by atoms with Crippen LogP contribution in [0.2, 0.25) is 0 Å². The van der Waals surface area contributed by atoms with Crippen molar-refractivity contribution in [3.63, 3.8) is 0 Å². The van der Waals surface area contributed by atoms with E-state index in [2.05, 4.69) is 0 Å². The summed E-state index contributed by atoms with van der Waals surface area (Å²) in [6, 6.07) is 10.3. The minimum atomic E-state index is -0.617. The molecule has 3 nitrogen and oxygen atoms in total. The van der Waals surface area contributed by atoms with Crippen molar-refractivity contribution in [3.05, 3.63) is 65.2 Å². The van der Waals surface area contributed by atoms with Crippen LogP contribution in [-0.2, 0) is 0 Å². The lowest BCUT2D eigenvalue weighted by atomic mass is 10.1. The molecule has 0 saturated carbocycles. The van der Waals surface area contributed by atoms with Crippen molar-refractivity contribution in [2.45, 2.75) is 0 Å². The van der Waals surface area contributed by atoms with E-state index >= 15 is 0 Å². The van der Waals surface area contributed by atoms with Crippen LogP contribution in [0.4, 0.5) is 8.78 Å². The Bertz CT molecular complexity index is 675. The summed E-state index contributed by atoms with van der Waals surface area (Å²) in [5.74, 6) is -1.33. The quantitative estimate of drug-likeness (QED) is 0.804. The summed E-state index contributed by atoms with van der Waals surface area (Å²) in [5.41, 5.74) is 0.401. The lowest BCUT2D eigenvalue weighted by molar-refractivity contribution is 0.0921. The van der Waals surface area contributed by atoms with Gasteiger partial charge in [0.05, 0.1) is 11.6 Å². The Hall–Kier alpha value is -2.74. The summed E-state index contributed by atoms with van der Waals surface area (Å²) in [4.78, 5) is 11.8. The number of nitrogens with zero attached hydrogens (tertiary/aromatic N) is 1. The number of carbonyl (C=O) groups is 1. The molecule has 0 saturated heterocycles. The van der Waals surface area contributed by atoms with Crippen LogP contribution >= 0.6 is 0 Å². The van der Waals surface area contributed by atoms with Crippen molar-refractivity contribution in [2.24, 2.45) is 0 Å². The Morgan fingerprint density at radius 2 is 1.80 bits per heavy atom. The van der Waals surface area contributed by atoms with Crippen LogP contribution in [0.3, 0.4) is 0 Å². The number of hydrogen-bond acceptors (Lipinski definition) is 3. The third-order valence-electron chi connectivity index (χ3n) is 2.54. The molecule has 0 fully saturated rings. The summed E-state index contributed by atoms with van der Waals surface area (Å²) < 4.78 is 31.0. The fourth-order valence-corrected chi connectivity index (χ4v) is 1.58. The Morgan fingerprint density at radius 1 is 1.10 bits per heavy atom. The topological polar surface area (TPSA) is 50.1 Å². The number of hydrogen-bond donors (Lipinski definition) is 0. The molecule has 0 atom stereocenters. The van der Waals surface area contributed by atoms with Gasteiger partial charge in [0, 0.05) is 11.6 Å². The lowest BCUT2D eigenvalue weighted by Gasteiger charge is -2.06. The van der Waals surface area contributed by atoms with Gasteiger partial charge in [-0.15, -0.1) is 0 Å². The fraction of sp³-hybridized carbons (Fsp3) is 0.0667. The second kappa shape index (κ2) is 5.93. The SMILES string of the molecule is N#Cc1cc(F)cc(OCC(=O)c2ccc(F)cc2)c1. The first-order chi connectivity index (χ1) is 9.58. The van der Waals surface area contributed by atoms with Gasteiger partial charge in [-0.1, -0.05) is 0 Å². The van der Waals surface area contributed by atoms with Gasteiger partial charge >= 0.3 is 0 Å². The molecule has 20 heavy (non-hydrogen) atoms. The van der Waals surface area contributed by atoms with Crippen molar-refractivity contribution in [1.29, 1.82) is 5.26 Å². The molecule has 5 heteroatoms. The first kappa shape index (κ1) is 13.7. The Balaban J connectivity index is 2.05. The maximum Gasteiger partial charge on any atom is 0.200 e. The van der Waals surface area contributed by atoms with E-state index in [9.17, 15) is 13.6 Å². The number of benzene rings is 2. The third-order valence-corrected chi connectivity index (χ3v) is 2.54. The molecule has 0 radical (unpaired) electrons. The number of Topliss-reactive ketones (excluding diaryl/α,β-unsaturated/α-hetero) is 1. The van der Waals surface area contributed by atoms with E-state index in [0.717, 1.165) is 12.1 Å². The zero-order valence-corrected chi connectivity index (χ0v) is 10.3. The molecule has 0 aliphatic heterocycles. The summed E-state index contributed by atoms with van der Waals surface area (Å²) in [6.45, 7) is -0.319. The van der Waals surface area contributed by atoms with Crippen molar-refractivity contribution >= 4 is 5.78 Å². The van der Waals surface area contributed by atoms with Crippen LogP contribution < -0.4 is 4.74 Å². The second-order valence-corrected chi connectivity index (χ2v) is 4.01. The molecule has 0 spiro atoms. The number of nitriles is 1. The number of halogens is 2. The summed E-state index contributed by atoms with van der Waals surface area (Å²) in [5, 5.41) is 8.69. The number of carbonyl (C=O) groups excluding carboxylic acids is 1. The van der Waals surface area contributed by atoms with Crippen molar-refractivity contribution < 1.29 is 18.3 Å². The maximum absolute atomic E-state index is 13.1. The molecular weight excluding hydrogens is 264 g/mol. The fourth-order valence-electron chi connectivity index (χ4n) is 1.58. The summed E-state index contributed by atoms with van der Waals surface area (Å²) >= 11 is 0. The first-order valence-corrected chi connectivity index (χ1v) is 5.71. The van der Waals surface area contributed by atoms with Gasteiger partial charge < -0.3 is 4.74 Å². The predicted molar refractivity (Wildman–Crippen MR) is 67.3 cm³/mol. The Kier molecular flexibility index (Phi) is 4.06. The molecule has 0 bridgehead atoms. The predicted octanol–water partition coefficient (Wildman–Crippen LogP) is 3.10. The average Bonchev–Trinajstić information content (AvgIpc) is 2.45. The van der Waals surface area contributed by atoms with E-state index in [1.54, 1.807) is 6.07 Å². The molecule has 2 rings (SSSR count). The van der Waals surface area contributed by atoms with Crippen LogP contribution in [-0.4, -0.2) is 12.4 Å². The summed E-state index contributed by atoms with van der Waals surface area (Å²) in [7, 11) is 0. The van der Waals surface area contributed by atoms with E-state index in [4.69, 9.17) is 10.00 Å². The minimum Gasteiger partial charge on any atom is -0.485 e. The smallest absolute Gasteiger partial charge is 0.200 e. The van der Waals surface area contributed by atoms with Gasteiger partial charge in [0.15, 0.2) is 12.4 Å². The highest BCUT2D eigenvalue weighted by Crippen LogP contribution is 2.16. The lowest BCUT2D eigenvalue weighted by Crippen LogP contribution is -2.11. The maximum atomic E-state index is 13.1. The summed E-state index contributed by atoms with van der Waals surface area (Å²) in [6.07, 6.45) is 0. The molecule has 0 aromatic heterocycles. The highest BCUT2D eigenvalue weighted by Gasteiger charge is 2.08. The number of rotatable bonds is 4. The van der Waals surface area contributed by atoms with E-state index in [0.29, 0.717) is 5.56 Å². The van der Waals surface area contributed by atoms with E-state index in [-0.39, 0.29) is 23.7 Å². The molecule has 0 aliphatic carbocycles. The van der Waals surface area contributed by atoms with Gasteiger partial charge in [-0.3, -0.25) is 4.79 Å². The molecule has 2 aromatic carbocycles. The van der Waals surface area contributed by atoms with Crippen LogP contribution in [0.15, 0.2) is 42.5 Å². The molecule has 2 aromatic rings. The number of ketones is 1. The van der Waals surface area contributed by atoms with Crippen molar-refractivity contribution in [3.8, 4) is 11.8 Å². The Labute approximate surface area is 114 Å². The Morgan fingerprint density at radius 3 is 2.45 bits per heavy atom. The average molecular weight is 273 g/mol. The molecular formula is C15H9F2NO2. The largest absolute Gasteiger partial charge is 0.485 e. The zero-order chi connectivity index (χ0) is 14.5.